The minimum atomic E-state index is -0.692. The van der Waals surface area contributed by atoms with Gasteiger partial charge in [0.25, 0.3) is 0 Å². The van der Waals surface area contributed by atoms with Gasteiger partial charge in [-0.1, -0.05) is 0 Å². The summed E-state index contributed by atoms with van der Waals surface area (Å²) in [4.78, 5) is 15.6. The first kappa shape index (κ1) is 13.5. The molecule has 1 heterocycles. The molecule has 1 atom stereocenters. The monoisotopic (exact) mass is 280 g/mol. The average Bonchev–Trinajstić information content (AvgIpc) is 2.94. The standard InChI is InChI=1S/C13H13FN2O2S/c1-8(12-15-5-6-19-12)16-9-3-4-11(14)10(7-9)13(17)18-2/h3-8,16H,1-2H3. The van der Waals surface area contributed by atoms with Crippen LogP contribution in [-0.2, 0) is 4.74 Å². The number of hydrogen-bond donors (Lipinski definition) is 1. The lowest BCUT2D eigenvalue weighted by Gasteiger charge is -2.13. The molecular formula is C13H13FN2O2S. The third kappa shape index (κ3) is 3.08. The Kier molecular flexibility index (Phi) is 4.11. The average molecular weight is 280 g/mol. The first-order chi connectivity index (χ1) is 9.11. The van der Waals surface area contributed by atoms with Crippen molar-refractivity contribution < 1.29 is 13.9 Å². The van der Waals surface area contributed by atoms with Crippen LogP contribution in [0.1, 0.15) is 28.3 Å². The first-order valence-corrected chi connectivity index (χ1v) is 6.53. The van der Waals surface area contributed by atoms with Crippen molar-refractivity contribution in [3.05, 3.63) is 46.2 Å². The lowest BCUT2D eigenvalue weighted by atomic mass is 10.1. The van der Waals surface area contributed by atoms with Crippen LogP contribution >= 0.6 is 11.3 Å². The van der Waals surface area contributed by atoms with E-state index in [1.807, 2.05) is 12.3 Å². The molecule has 0 saturated carbocycles. The van der Waals surface area contributed by atoms with Crippen LogP contribution in [-0.4, -0.2) is 18.1 Å². The van der Waals surface area contributed by atoms with Crippen molar-refractivity contribution >= 4 is 23.0 Å². The second-order valence-electron chi connectivity index (χ2n) is 3.92. The molecule has 0 aliphatic heterocycles. The third-order valence-electron chi connectivity index (χ3n) is 2.58. The molecule has 2 aromatic rings. The van der Waals surface area contributed by atoms with Crippen LogP contribution < -0.4 is 5.32 Å². The number of esters is 1. The zero-order valence-electron chi connectivity index (χ0n) is 10.5. The van der Waals surface area contributed by atoms with Crippen molar-refractivity contribution in [2.45, 2.75) is 13.0 Å². The number of rotatable bonds is 4. The van der Waals surface area contributed by atoms with E-state index in [9.17, 15) is 9.18 Å². The van der Waals surface area contributed by atoms with E-state index in [0.29, 0.717) is 5.69 Å². The minimum Gasteiger partial charge on any atom is -0.465 e. The zero-order valence-corrected chi connectivity index (χ0v) is 11.3. The minimum absolute atomic E-state index is 0.0176. The number of carbonyl (C=O) groups excluding carboxylic acids is 1. The molecular weight excluding hydrogens is 267 g/mol. The largest absolute Gasteiger partial charge is 0.465 e. The van der Waals surface area contributed by atoms with E-state index in [2.05, 4.69) is 15.0 Å². The number of methoxy groups -OCH3 is 1. The summed E-state index contributed by atoms with van der Waals surface area (Å²) in [6, 6.07) is 4.23. The van der Waals surface area contributed by atoms with Crippen molar-refractivity contribution in [2.75, 3.05) is 12.4 Å². The molecule has 0 spiro atoms. The Hall–Kier alpha value is -1.95. The Labute approximate surface area is 114 Å². The maximum atomic E-state index is 13.5. The quantitative estimate of drug-likeness (QED) is 0.873. The van der Waals surface area contributed by atoms with E-state index in [1.54, 1.807) is 12.3 Å². The smallest absolute Gasteiger partial charge is 0.340 e. The number of aromatic nitrogens is 1. The highest BCUT2D eigenvalue weighted by molar-refractivity contribution is 7.09. The fourth-order valence-electron chi connectivity index (χ4n) is 1.64. The van der Waals surface area contributed by atoms with Crippen LogP contribution in [0.3, 0.4) is 0 Å². The Bertz CT molecular complexity index is 572. The van der Waals surface area contributed by atoms with Gasteiger partial charge in [-0.05, 0) is 25.1 Å². The number of ether oxygens (including phenoxy) is 1. The molecule has 4 nitrogen and oxygen atoms in total. The summed E-state index contributed by atoms with van der Waals surface area (Å²) in [6.45, 7) is 1.94. The van der Waals surface area contributed by atoms with E-state index in [-0.39, 0.29) is 11.6 Å². The summed E-state index contributed by atoms with van der Waals surface area (Å²) in [5.74, 6) is -1.29. The Morgan fingerprint density at radius 2 is 2.32 bits per heavy atom. The SMILES string of the molecule is COC(=O)c1cc(NC(C)c2nccs2)ccc1F. The Morgan fingerprint density at radius 3 is 2.95 bits per heavy atom. The summed E-state index contributed by atoms with van der Waals surface area (Å²) in [6.07, 6.45) is 1.72. The number of benzene rings is 1. The summed E-state index contributed by atoms with van der Waals surface area (Å²) < 4.78 is 18.0. The highest BCUT2D eigenvalue weighted by Gasteiger charge is 2.14. The molecule has 1 aromatic heterocycles. The summed E-state index contributed by atoms with van der Waals surface area (Å²) in [7, 11) is 1.22. The van der Waals surface area contributed by atoms with E-state index in [4.69, 9.17) is 0 Å². The van der Waals surface area contributed by atoms with Gasteiger partial charge in [-0.15, -0.1) is 11.3 Å². The molecule has 6 heteroatoms. The van der Waals surface area contributed by atoms with Crippen molar-refractivity contribution in [1.29, 1.82) is 0 Å². The predicted octanol–water partition coefficient (Wildman–Crippen LogP) is 3.24. The van der Waals surface area contributed by atoms with Crippen molar-refractivity contribution in [1.82, 2.24) is 4.98 Å². The lowest BCUT2D eigenvalue weighted by molar-refractivity contribution is 0.0595. The first-order valence-electron chi connectivity index (χ1n) is 5.65. The number of carbonyl (C=O) groups is 1. The number of thiazole rings is 1. The molecule has 0 fully saturated rings. The second kappa shape index (κ2) is 5.79. The molecule has 0 aliphatic carbocycles. The van der Waals surface area contributed by atoms with Crippen LogP contribution in [0.25, 0.3) is 0 Å². The summed E-state index contributed by atoms with van der Waals surface area (Å²) in [5.41, 5.74) is 0.559. The molecule has 1 unspecified atom stereocenters. The van der Waals surface area contributed by atoms with Gasteiger partial charge in [0, 0.05) is 17.3 Å². The van der Waals surface area contributed by atoms with Crippen LogP contribution in [0.15, 0.2) is 29.8 Å². The van der Waals surface area contributed by atoms with Gasteiger partial charge >= 0.3 is 5.97 Å². The molecule has 0 amide bonds. The van der Waals surface area contributed by atoms with Gasteiger partial charge in [-0.25, -0.2) is 14.2 Å². The van der Waals surface area contributed by atoms with Crippen molar-refractivity contribution in [3.8, 4) is 0 Å². The maximum Gasteiger partial charge on any atom is 0.340 e. The normalized spacial score (nSPS) is 11.9. The Morgan fingerprint density at radius 1 is 1.53 bits per heavy atom. The fourth-order valence-corrected chi connectivity index (χ4v) is 2.29. The molecule has 2 rings (SSSR count). The fraction of sp³-hybridized carbons (Fsp3) is 0.231. The number of nitrogens with zero attached hydrogens (tertiary/aromatic N) is 1. The van der Waals surface area contributed by atoms with E-state index >= 15 is 0 Å². The molecule has 0 saturated heterocycles. The van der Waals surface area contributed by atoms with Gasteiger partial charge in [-0.3, -0.25) is 0 Å². The van der Waals surface area contributed by atoms with Crippen molar-refractivity contribution in [3.63, 3.8) is 0 Å². The predicted molar refractivity (Wildman–Crippen MR) is 71.9 cm³/mol. The molecule has 1 aromatic carbocycles. The third-order valence-corrected chi connectivity index (χ3v) is 3.53. The van der Waals surface area contributed by atoms with Gasteiger partial charge < -0.3 is 10.1 Å². The highest BCUT2D eigenvalue weighted by atomic mass is 32.1. The zero-order chi connectivity index (χ0) is 13.8. The Balaban J connectivity index is 2.19. The topological polar surface area (TPSA) is 51.2 Å². The van der Waals surface area contributed by atoms with Crippen LogP contribution in [0.5, 0.6) is 0 Å². The number of halogens is 1. The lowest BCUT2D eigenvalue weighted by Crippen LogP contribution is -2.09. The molecule has 19 heavy (non-hydrogen) atoms. The number of hydrogen-bond acceptors (Lipinski definition) is 5. The van der Waals surface area contributed by atoms with Crippen LogP contribution in [0, 0.1) is 5.82 Å². The van der Waals surface area contributed by atoms with E-state index in [1.165, 1.54) is 30.6 Å². The highest BCUT2D eigenvalue weighted by Crippen LogP contribution is 2.22. The van der Waals surface area contributed by atoms with Crippen molar-refractivity contribution in [2.24, 2.45) is 0 Å². The molecule has 0 bridgehead atoms. The van der Waals surface area contributed by atoms with Crippen LogP contribution in [0.4, 0.5) is 10.1 Å². The summed E-state index contributed by atoms with van der Waals surface area (Å²) in [5, 5.41) is 5.97. The van der Waals surface area contributed by atoms with Gasteiger partial charge in [0.05, 0.1) is 18.7 Å². The van der Waals surface area contributed by atoms with Crippen LogP contribution in [0.2, 0.25) is 0 Å². The van der Waals surface area contributed by atoms with Gasteiger partial charge in [-0.2, -0.15) is 0 Å². The maximum absolute atomic E-state index is 13.5. The molecule has 1 N–H and O–H groups in total. The molecule has 100 valence electrons. The van der Waals surface area contributed by atoms with E-state index in [0.717, 1.165) is 5.01 Å². The van der Waals surface area contributed by atoms with E-state index < -0.39 is 11.8 Å². The molecule has 0 radical (unpaired) electrons. The second-order valence-corrected chi connectivity index (χ2v) is 4.85. The molecule has 0 aliphatic rings. The summed E-state index contributed by atoms with van der Waals surface area (Å²) >= 11 is 1.53. The number of anilines is 1. The van der Waals surface area contributed by atoms with Gasteiger partial charge in [0.2, 0.25) is 0 Å². The number of nitrogens with one attached hydrogen (secondary N) is 1. The van der Waals surface area contributed by atoms with Gasteiger partial charge in [0.1, 0.15) is 10.8 Å². The van der Waals surface area contributed by atoms with Gasteiger partial charge in [0.15, 0.2) is 0 Å².